The van der Waals surface area contributed by atoms with Crippen LogP contribution in [0.4, 0.5) is 5.69 Å². The Morgan fingerprint density at radius 2 is 2.11 bits per heavy atom. The number of rotatable bonds is 3. The van der Waals surface area contributed by atoms with Crippen LogP contribution in [0.3, 0.4) is 0 Å². The number of carbonyl (C=O) groups is 1. The van der Waals surface area contributed by atoms with E-state index in [1.807, 2.05) is 19.1 Å². The fourth-order valence-electron chi connectivity index (χ4n) is 1.91. The first-order valence-corrected chi connectivity index (χ1v) is 5.47. The third-order valence-electron chi connectivity index (χ3n) is 2.73. The van der Waals surface area contributed by atoms with Crippen molar-refractivity contribution in [2.24, 2.45) is 0 Å². The summed E-state index contributed by atoms with van der Waals surface area (Å²) in [6.07, 6.45) is 0. The molecule has 0 amide bonds. The number of aromatic nitrogens is 1. The number of nitrogens with one attached hydrogen (secondary N) is 1. The second-order valence-corrected chi connectivity index (χ2v) is 3.97. The maximum absolute atomic E-state index is 11.0. The minimum Gasteiger partial charge on any atom is -0.494 e. The van der Waals surface area contributed by atoms with E-state index in [0.717, 1.165) is 16.6 Å². The Labute approximate surface area is 104 Å². The Morgan fingerprint density at radius 1 is 1.39 bits per heavy atom. The Hall–Kier alpha value is -2.30. The van der Waals surface area contributed by atoms with Gasteiger partial charge in [0, 0.05) is 18.1 Å². The number of aromatic carboxylic acids is 1. The van der Waals surface area contributed by atoms with Crippen LogP contribution in [0.2, 0.25) is 0 Å². The molecule has 0 aliphatic heterocycles. The molecule has 5 nitrogen and oxygen atoms in total. The van der Waals surface area contributed by atoms with E-state index in [9.17, 15) is 4.79 Å². The molecule has 0 spiro atoms. The van der Waals surface area contributed by atoms with Crippen LogP contribution in [0.5, 0.6) is 5.75 Å². The first-order chi connectivity index (χ1) is 8.56. The lowest BCUT2D eigenvalue weighted by atomic mass is 10.1. The molecule has 5 heteroatoms. The van der Waals surface area contributed by atoms with Gasteiger partial charge in [-0.15, -0.1) is 0 Å². The van der Waals surface area contributed by atoms with Crippen LogP contribution in [0.25, 0.3) is 10.9 Å². The average Bonchev–Trinajstić information content (AvgIpc) is 2.36. The van der Waals surface area contributed by atoms with E-state index in [0.29, 0.717) is 11.3 Å². The van der Waals surface area contributed by atoms with E-state index in [1.165, 1.54) is 6.07 Å². The van der Waals surface area contributed by atoms with Crippen LogP contribution < -0.4 is 10.1 Å². The van der Waals surface area contributed by atoms with E-state index in [-0.39, 0.29) is 5.69 Å². The van der Waals surface area contributed by atoms with Gasteiger partial charge in [-0.2, -0.15) is 0 Å². The van der Waals surface area contributed by atoms with Crippen LogP contribution in [-0.4, -0.2) is 30.2 Å². The smallest absolute Gasteiger partial charge is 0.354 e. The first-order valence-electron chi connectivity index (χ1n) is 5.47. The maximum Gasteiger partial charge on any atom is 0.354 e. The molecule has 1 aromatic heterocycles. The van der Waals surface area contributed by atoms with Crippen LogP contribution in [0.1, 0.15) is 16.1 Å². The molecule has 0 fully saturated rings. The maximum atomic E-state index is 11.0. The lowest BCUT2D eigenvalue weighted by Gasteiger charge is -2.11. The van der Waals surface area contributed by atoms with E-state index >= 15 is 0 Å². The summed E-state index contributed by atoms with van der Waals surface area (Å²) in [5.74, 6) is -0.486. The fourth-order valence-corrected chi connectivity index (χ4v) is 1.91. The largest absolute Gasteiger partial charge is 0.494 e. The summed E-state index contributed by atoms with van der Waals surface area (Å²) in [5, 5.41) is 12.9. The van der Waals surface area contributed by atoms with E-state index in [4.69, 9.17) is 9.84 Å². The Bertz CT molecular complexity index is 623. The minimum absolute atomic E-state index is 0.00555. The summed E-state index contributed by atoms with van der Waals surface area (Å²) in [6, 6.07) is 5.30. The monoisotopic (exact) mass is 246 g/mol. The molecule has 0 saturated heterocycles. The van der Waals surface area contributed by atoms with Crippen molar-refractivity contribution in [2.45, 2.75) is 6.92 Å². The third kappa shape index (κ3) is 1.95. The Kier molecular flexibility index (Phi) is 3.06. The van der Waals surface area contributed by atoms with Gasteiger partial charge in [0.25, 0.3) is 0 Å². The van der Waals surface area contributed by atoms with Crippen LogP contribution in [-0.2, 0) is 0 Å². The first kappa shape index (κ1) is 12.2. The standard InChI is InChI=1S/C13H14N2O3/c1-7-4-8-9(14-2)6-10(13(16)17)15-12(8)11(5-7)18-3/h4-6H,1-3H3,(H,14,15)(H,16,17). The third-order valence-corrected chi connectivity index (χ3v) is 2.73. The lowest BCUT2D eigenvalue weighted by molar-refractivity contribution is 0.0691. The minimum atomic E-state index is -1.06. The normalized spacial score (nSPS) is 10.4. The predicted octanol–water partition coefficient (Wildman–Crippen LogP) is 2.29. The van der Waals surface area contributed by atoms with Gasteiger partial charge >= 0.3 is 5.97 Å². The zero-order valence-electron chi connectivity index (χ0n) is 10.4. The van der Waals surface area contributed by atoms with Crippen LogP contribution in [0, 0.1) is 6.92 Å². The summed E-state index contributed by atoms with van der Waals surface area (Å²) in [5.41, 5.74) is 2.29. The number of nitrogens with zero attached hydrogens (tertiary/aromatic N) is 1. The van der Waals surface area contributed by atoms with Crippen molar-refractivity contribution in [1.82, 2.24) is 4.98 Å². The van der Waals surface area contributed by atoms with Gasteiger partial charge in [0.1, 0.15) is 11.3 Å². The number of anilines is 1. The number of carboxylic acids is 1. The van der Waals surface area contributed by atoms with Crippen molar-refractivity contribution in [3.8, 4) is 5.75 Å². The summed E-state index contributed by atoms with van der Waals surface area (Å²) in [7, 11) is 3.29. The molecular formula is C13H14N2O3. The van der Waals surface area contributed by atoms with Crippen molar-refractivity contribution < 1.29 is 14.6 Å². The molecule has 0 bridgehead atoms. The highest BCUT2D eigenvalue weighted by molar-refractivity contribution is 5.99. The summed E-state index contributed by atoms with van der Waals surface area (Å²) < 4.78 is 5.26. The van der Waals surface area contributed by atoms with Crippen molar-refractivity contribution in [3.63, 3.8) is 0 Å². The predicted molar refractivity (Wildman–Crippen MR) is 69.5 cm³/mol. The summed E-state index contributed by atoms with van der Waals surface area (Å²) in [6.45, 7) is 1.95. The Balaban J connectivity index is 2.87. The molecule has 94 valence electrons. The molecule has 0 aliphatic carbocycles. The number of pyridine rings is 1. The molecule has 0 unspecified atom stereocenters. The second-order valence-electron chi connectivity index (χ2n) is 3.97. The van der Waals surface area contributed by atoms with Gasteiger partial charge in [-0.3, -0.25) is 0 Å². The van der Waals surface area contributed by atoms with Crippen molar-refractivity contribution >= 4 is 22.6 Å². The van der Waals surface area contributed by atoms with Crippen molar-refractivity contribution in [3.05, 3.63) is 29.5 Å². The molecular weight excluding hydrogens is 232 g/mol. The van der Waals surface area contributed by atoms with Crippen molar-refractivity contribution in [1.29, 1.82) is 0 Å². The molecule has 1 aromatic carbocycles. The highest BCUT2D eigenvalue weighted by atomic mass is 16.5. The number of hydrogen-bond donors (Lipinski definition) is 2. The zero-order chi connectivity index (χ0) is 13.3. The molecule has 0 aliphatic rings. The fraction of sp³-hybridized carbons (Fsp3) is 0.231. The highest BCUT2D eigenvalue weighted by Gasteiger charge is 2.13. The summed E-state index contributed by atoms with van der Waals surface area (Å²) >= 11 is 0. The number of carboxylic acid groups (broad SMARTS) is 1. The molecule has 1 heterocycles. The number of benzene rings is 1. The molecule has 0 radical (unpaired) electrons. The zero-order valence-corrected chi connectivity index (χ0v) is 10.4. The number of fused-ring (bicyclic) bond motifs is 1. The van der Waals surface area contributed by atoms with Crippen molar-refractivity contribution in [2.75, 3.05) is 19.5 Å². The van der Waals surface area contributed by atoms with E-state index in [2.05, 4.69) is 10.3 Å². The van der Waals surface area contributed by atoms with Gasteiger partial charge in [0.2, 0.25) is 0 Å². The van der Waals surface area contributed by atoms with Gasteiger partial charge in [0.05, 0.1) is 7.11 Å². The molecule has 2 aromatic rings. The molecule has 0 atom stereocenters. The molecule has 2 N–H and O–H groups in total. The number of aryl methyl sites for hydroxylation is 1. The second kappa shape index (κ2) is 4.52. The molecule has 18 heavy (non-hydrogen) atoms. The topological polar surface area (TPSA) is 71.5 Å². The van der Waals surface area contributed by atoms with Gasteiger partial charge in [-0.05, 0) is 30.7 Å². The molecule has 0 saturated carbocycles. The lowest BCUT2D eigenvalue weighted by Crippen LogP contribution is -2.04. The molecule has 2 rings (SSSR count). The van der Waals surface area contributed by atoms with E-state index in [1.54, 1.807) is 14.2 Å². The quantitative estimate of drug-likeness (QED) is 0.869. The Morgan fingerprint density at radius 3 is 2.67 bits per heavy atom. The van der Waals surface area contributed by atoms with Gasteiger partial charge < -0.3 is 15.2 Å². The highest BCUT2D eigenvalue weighted by Crippen LogP contribution is 2.31. The number of hydrogen-bond acceptors (Lipinski definition) is 4. The number of methoxy groups -OCH3 is 1. The summed E-state index contributed by atoms with van der Waals surface area (Å²) in [4.78, 5) is 15.2. The van der Waals surface area contributed by atoms with Gasteiger partial charge in [-0.25, -0.2) is 9.78 Å². The SMILES string of the molecule is CNc1cc(C(=O)O)nc2c(OC)cc(C)cc12. The van der Waals surface area contributed by atoms with Gasteiger partial charge in [0.15, 0.2) is 5.69 Å². The average molecular weight is 246 g/mol. The van der Waals surface area contributed by atoms with Gasteiger partial charge in [-0.1, -0.05) is 0 Å². The number of ether oxygens (including phenoxy) is 1. The van der Waals surface area contributed by atoms with E-state index < -0.39 is 5.97 Å². The van der Waals surface area contributed by atoms with Crippen LogP contribution in [0.15, 0.2) is 18.2 Å². The van der Waals surface area contributed by atoms with Crippen LogP contribution >= 0.6 is 0 Å².